The standard InChI is InChI=1S/C9H16N2O2/c10-4-3-9(1-2-9)7-11-5-6-13-8(11)12/h1-7,10H2. The average molecular weight is 184 g/mol. The Bertz CT molecular complexity index is 214. The van der Waals surface area contributed by atoms with E-state index in [-0.39, 0.29) is 6.09 Å². The molecular weight excluding hydrogens is 168 g/mol. The van der Waals surface area contributed by atoms with Crippen LogP contribution < -0.4 is 5.73 Å². The molecule has 2 aliphatic rings. The van der Waals surface area contributed by atoms with Crippen LogP contribution in [0.25, 0.3) is 0 Å². The van der Waals surface area contributed by atoms with Crippen LogP contribution in [0.2, 0.25) is 0 Å². The van der Waals surface area contributed by atoms with Gasteiger partial charge in [-0.3, -0.25) is 0 Å². The minimum atomic E-state index is -0.150. The van der Waals surface area contributed by atoms with Crippen LogP contribution in [0.3, 0.4) is 0 Å². The maximum atomic E-state index is 11.2. The summed E-state index contributed by atoms with van der Waals surface area (Å²) >= 11 is 0. The van der Waals surface area contributed by atoms with Crippen molar-refractivity contribution in [3.8, 4) is 0 Å². The Balaban J connectivity index is 1.86. The number of amides is 1. The Hall–Kier alpha value is -0.770. The number of nitrogens with two attached hydrogens (primary N) is 1. The van der Waals surface area contributed by atoms with Crippen molar-refractivity contribution in [3.63, 3.8) is 0 Å². The first-order chi connectivity index (χ1) is 6.26. The van der Waals surface area contributed by atoms with E-state index >= 15 is 0 Å². The van der Waals surface area contributed by atoms with E-state index in [1.807, 2.05) is 4.90 Å². The molecule has 4 heteroatoms. The van der Waals surface area contributed by atoms with E-state index < -0.39 is 0 Å². The third-order valence-electron chi connectivity index (χ3n) is 3.00. The van der Waals surface area contributed by atoms with E-state index in [4.69, 9.17) is 10.5 Å². The number of hydrogen-bond donors (Lipinski definition) is 1. The van der Waals surface area contributed by atoms with Gasteiger partial charge in [0.25, 0.3) is 0 Å². The third kappa shape index (κ3) is 1.77. The fourth-order valence-electron chi connectivity index (χ4n) is 1.94. The summed E-state index contributed by atoms with van der Waals surface area (Å²) in [7, 11) is 0. The lowest BCUT2D eigenvalue weighted by Crippen LogP contribution is -2.32. The molecule has 0 unspecified atom stereocenters. The predicted octanol–water partition coefficient (Wildman–Crippen LogP) is 0.568. The molecule has 0 atom stereocenters. The number of nitrogens with zero attached hydrogens (tertiary/aromatic N) is 1. The smallest absolute Gasteiger partial charge is 0.409 e. The van der Waals surface area contributed by atoms with Gasteiger partial charge in [0.05, 0.1) is 6.54 Å². The monoisotopic (exact) mass is 184 g/mol. The van der Waals surface area contributed by atoms with Crippen LogP contribution in [-0.4, -0.2) is 37.2 Å². The minimum absolute atomic E-state index is 0.150. The molecule has 4 nitrogen and oxygen atoms in total. The number of ether oxygens (including phenoxy) is 1. The Morgan fingerprint density at radius 1 is 1.54 bits per heavy atom. The lowest BCUT2D eigenvalue weighted by molar-refractivity contribution is 0.152. The zero-order valence-corrected chi connectivity index (χ0v) is 7.79. The van der Waals surface area contributed by atoms with Crippen LogP contribution in [0.1, 0.15) is 19.3 Å². The number of carbonyl (C=O) groups excluding carboxylic acids is 1. The van der Waals surface area contributed by atoms with Crippen LogP contribution in [0.5, 0.6) is 0 Å². The molecule has 0 spiro atoms. The molecule has 1 heterocycles. The van der Waals surface area contributed by atoms with Crippen molar-refractivity contribution in [2.45, 2.75) is 19.3 Å². The molecule has 1 saturated heterocycles. The summed E-state index contributed by atoms with van der Waals surface area (Å²) in [6.45, 7) is 2.88. The summed E-state index contributed by atoms with van der Waals surface area (Å²) in [5.41, 5.74) is 5.87. The Morgan fingerprint density at radius 3 is 2.77 bits per heavy atom. The molecule has 1 amide bonds. The van der Waals surface area contributed by atoms with E-state index in [1.165, 1.54) is 12.8 Å². The molecule has 1 saturated carbocycles. The summed E-state index contributed by atoms with van der Waals surface area (Å²) < 4.78 is 4.87. The van der Waals surface area contributed by atoms with Crippen molar-refractivity contribution in [2.75, 3.05) is 26.2 Å². The highest BCUT2D eigenvalue weighted by Crippen LogP contribution is 2.49. The van der Waals surface area contributed by atoms with Crippen molar-refractivity contribution in [1.29, 1.82) is 0 Å². The highest BCUT2D eigenvalue weighted by molar-refractivity contribution is 5.69. The second-order valence-electron chi connectivity index (χ2n) is 4.07. The van der Waals surface area contributed by atoms with Gasteiger partial charge in [-0.1, -0.05) is 0 Å². The van der Waals surface area contributed by atoms with Gasteiger partial charge in [0.2, 0.25) is 0 Å². The van der Waals surface area contributed by atoms with E-state index in [0.29, 0.717) is 12.0 Å². The summed E-state index contributed by atoms with van der Waals surface area (Å²) in [6.07, 6.45) is 3.32. The van der Waals surface area contributed by atoms with E-state index in [2.05, 4.69) is 0 Å². The van der Waals surface area contributed by atoms with Gasteiger partial charge in [0, 0.05) is 6.54 Å². The zero-order chi connectivity index (χ0) is 9.31. The molecule has 2 rings (SSSR count). The van der Waals surface area contributed by atoms with Crippen LogP contribution >= 0.6 is 0 Å². The van der Waals surface area contributed by atoms with Crippen LogP contribution in [-0.2, 0) is 4.74 Å². The van der Waals surface area contributed by atoms with Gasteiger partial charge in [-0.15, -0.1) is 0 Å². The first kappa shape index (κ1) is 8.81. The predicted molar refractivity (Wildman–Crippen MR) is 48.3 cm³/mol. The summed E-state index contributed by atoms with van der Waals surface area (Å²) in [5.74, 6) is 0. The normalized spacial score (nSPS) is 24.7. The van der Waals surface area contributed by atoms with E-state index in [0.717, 1.165) is 26.1 Å². The van der Waals surface area contributed by atoms with E-state index in [9.17, 15) is 4.79 Å². The van der Waals surface area contributed by atoms with Crippen molar-refractivity contribution < 1.29 is 9.53 Å². The molecule has 74 valence electrons. The molecule has 0 radical (unpaired) electrons. The number of carbonyl (C=O) groups is 1. The molecule has 2 fully saturated rings. The van der Waals surface area contributed by atoms with Gasteiger partial charge in [0.1, 0.15) is 6.61 Å². The second-order valence-corrected chi connectivity index (χ2v) is 4.07. The lowest BCUT2D eigenvalue weighted by Gasteiger charge is -2.20. The van der Waals surface area contributed by atoms with Crippen molar-refractivity contribution in [3.05, 3.63) is 0 Å². The second kappa shape index (κ2) is 3.18. The fraction of sp³-hybridized carbons (Fsp3) is 0.889. The molecule has 0 bridgehead atoms. The summed E-state index contributed by atoms with van der Waals surface area (Å²) in [6, 6.07) is 0. The maximum Gasteiger partial charge on any atom is 0.409 e. The highest BCUT2D eigenvalue weighted by Gasteiger charge is 2.44. The molecular formula is C9H16N2O2. The highest BCUT2D eigenvalue weighted by atomic mass is 16.6. The fourth-order valence-corrected chi connectivity index (χ4v) is 1.94. The molecule has 0 aromatic rings. The number of hydrogen-bond acceptors (Lipinski definition) is 3. The first-order valence-corrected chi connectivity index (χ1v) is 4.88. The lowest BCUT2D eigenvalue weighted by atomic mass is 10.0. The van der Waals surface area contributed by atoms with Crippen LogP contribution in [0.15, 0.2) is 0 Å². The van der Waals surface area contributed by atoms with Gasteiger partial charge in [-0.2, -0.15) is 0 Å². The Labute approximate surface area is 78.0 Å². The first-order valence-electron chi connectivity index (χ1n) is 4.88. The zero-order valence-electron chi connectivity index (χ0n) is 7.79. The topological polar surface area (TPSA) is 55.6 Å². The molecule has 0 aromatic carbocycles. The largest absolute Gasteiger partial charge is 0.448 e. The average Bonchev–Trinajstić information content (AvgIpc) is 2.73. The summed E-state index contributed by atoms with van der Waals surface area (Å²) in [5, 5.41) is 0. The van der Waals surface area contributed by atoms with Crippen LogP contribution in [0.4, 0.5) is 4.79 Å². The minimum Gasteiger partial charge on any atom is -0.448 e. The Morgan fingerprint density at radius 2 is 2.31 bits per heavy atom. The van der Waals surface area contributed by atoms with Crippen molar-refractivity contribution in [2.24, 2.45) is 11.1 Å². The quantitative estimate of drug-likeness (QED) is 0.694. The van der Waals surface area contributed by atoms with E-state index in [1.54, 1.807) is 0 Å². The molecule has 0 aromatic heterocycles. The molecule has 1 aliphatic carbocycles. The molecule has 1 aliphatic heterocycles. The number of cyclic esters (lactones) is 1. The van der Waals surface area contributed by atoms with Crippen LogP contribution in [0, 0.1) is 5.41 Å². The molecule has 13 heavy (non-hydrogen) atoms. The molecule has 2 N–H and O–H groups in total. The van der Waals surface area contributed by atoms with Crippen molar-refractivity contribution >= 4 is 6.09 Å². The Kier molecular flexibility index (Phi) is 2.15. The van der Waals surface area contributed by atoms with Gasteiger partial charge in [0.15, 0.2) is 0 Å². The van der Waals surface area contributed by atoms with Gasteiger partial charge >= 0.3 is 6.09 Å². The van der Waals surface area contributed by atoms with Gasteiger partial charge < -0.3 is 15.4 Å². The maximum absolute atomic E-state index is 11.2. The third-order valence-corrected chi connectivity index (χ3v) is 3.00. The summed E-state index contributed by atoms with van der Waals surface area (Å²) in [4.78, 5) is 13.0. The number of rotatable bonds is 4. The van der Waals surface area contributed by atoms with Crippen molar-refractivity contribution in [1.82, 2.24) is 4.90 Å². The van der Waals surface area contributed by atoms with Gasteiger partial charge in [-0.25, -0.2) is 4.79 Å². The SMILES string of the molecule is NCCC1(CN2CCOC2=O)CC1. The van der Waals surface area contributed by atoms with Gasteiger partial charge in [-0.05, 0) is 31.2 Å².